The molecule has 1 N–H and O–H groups in total. The number of carbonyl (C=O) groups is 1. The number of carbonyl (C=O) groups excluding carboxylic acids is 1. The standard InChI is InChI=1S/C22H20ClFN4O/c23-17-6-1-4-15(12-17)21(29)28-11-3-5-16(14-28)20-9-10-25-22(27-20)26-19-8-2-7-18(24)13-19/h1-2,4,6-10,12-13,16H,3,5,11,14H2,(H,25,26,27). The predicted octanol–water partition coefficient (Wildman–Crippen LogP) is 5.03. The van der Waals surface area contributed by atoms with Gasteiger partial charge in [0, 0.05) is 41.5 Å². The zero-order valence-corrected chi connectivity index (χ0v) is 16.4. The van der Waals surface area contributed by atoms with Gasteiger partial charge in [-0.15, -0.1) is 0 Å². The molecule has 0 aliphatic carbocycles. The maximum atomic E-state index is 13.4. The van der Waals surface area contributed by atoms with Crippen LogP contribution in [0.25, 0.3) is 0 Å². The van der Waals surface area contributed by atoms with Crippen LogP contribution in [0, 0.1) is 5.82 Å². The summed E-state index contributed by atoms with van der Waals surface area (Å²) in [5, 5.41) is 3.58. The van der Waals surface area contributed by atoms with Gasteiger partial charge in [0.1, 0.15) is 5.82 Å². The smallest absolute Gasteiger partial charge is 0.253 e. The molecule has 3 aromatic rings. The number of aromatic nitrogens is 2. The molecule has 1 unspecified atom stereocenters. The highest BCUT2D eigenvalue weighted by Gasteiger charge is 2.26. The van der Waals surface area contributed by atoms with E-state index < -0.39 is 0 Å². The number of likely N-dealkylation sites (tertiary alicyclic amines) is 1. The maximum absolute atomic E-state index is 13.4. The van der Waals surface area contributed by atoms with Crippen molar-refractivity contribution < 1.29 is 9.18 Å². The summed E-state index contributed by atoms with van der Waals surface area (Å²) in [7, 11) is 0. The zero-order chi connectivity index (χ0) is 20.2. The number of halogens is 2. The van der Waals surface area contributed by atoms with Crippen molar-refractivity contribution >= 4 is 29.1 Å². The van der Waals surface area contributed by atoms with Gasteiger partial charge in [0.2, 0.25) is 5.95 Å². The normalized spacial score (nSPS) is 16.5. The molecule has 1 aliphatic heterocycles. The molecule has 0 saturated carbocycles. The third-order valence-electron chi connectivity index (χ3n) is 4.96. The SMILES string of the molecule is O=C(c1cccc(Cl)c1)N1CCCC(c2ccnc(Nc3cccc(F)c3)n2)C1. The summed E-state index contributed by atoms with van der Waals surface area (Å²) >= 11 is 6.03. The highest BCUT2D eigenvalue weighted by Crippen LogP contribution is 2.27. The molecule has 7 heteroatoms. The average molecular weight is 411 g/mol. The summed E-state index contributed by atoms with van der Waals surface area (Å²) in [5.74, 6) is 0.173. The summed E-state index contributed by atoms with van der Waals surface area (Å²) < 4.78 is 13.4. The fraction of sp³-hybridized carbons (Fsp3) is 0.227. The van der Waals surface area contributed by atoms with Crippen LogP contribution in [0.5, 0.6) is 0 Å². The number of benzene rings is 2. The first-order chi connectivity index (χ1) is 14.1. The molecule has 0 bridgehead atoms. The van der Waals surface area contributed by atoms with Crippen molar-refractivity contribution in [2.75, 3.05) is 18.4 Å². The summed E-state index contributed by atoms with van der Waals surface area (Å²) in [6.07, 6.45) is 3.52. The quantitative estimate of drug-likeness (QED) is 0.655. The highest BCUT2D eigenvalue weighted by molar-refractivity contribution is 6.30. The number of nitrogens with zero attached hydrogens (tertiary/aromatic N) is 3. The lowest BCUT2D eigenvalue weighted by atomic mass is 9.94. The molecule has 2 aromatic carbocycles. The van der Waals surface area contributed by atoms with E-state index in [1.54, 1.807) is 42.6 Å². The van der Waals surface area contributed by atoms with Crippen molar-refractivity contribution in [1.29, 1.82) is 0 Å². The zero-order valence-electron chi connectivity index (χ0n) is 15.7. The van der Waals surface area contributed by atoms with Crippen molar-refractivity contribution in [2.24, 2.45) is 0 Å². The molecule has 0 radical (unpaired) electrons. The van der Waals surface area contributed by atoms with E-state index in [9.17, 15) is 9.18 Å². The van der Waals surface area contributed by atoms with Crippen molar-refractivity contribution in [2.45, 2.75) is 18.8 Å². The number of rotatable bonds is 4. The molecule has 1 saturated heterocycles. The summed E-state index contributed by atoms with van der Waals surface area (Å²) in [6, 6.07) is 15.0. The molecule has 148 valence electrons. The second kappa shape index (κ2) is 8.57. The Balaban J connectivity index is 1.49. The van der Waals surface area contributed by atoms with Crippen LogP contribution in [0.1, 0.15) is 34.8 Å². The van der Waals surface area contributed by atoms with Crippen molar-refractivity contribution in [1.82, 2.24) is 14.9 Å². The van der Waals surface area contributed by atoms with E-state index in [-0.39, 0.29) is 17.6 Å². The molecule has 1 aromatic heterocycles. The molecule has 1 atom stereocenters. The van der Waals surface area contributed by atoms with E-state index in [0.717, 1.165) is 18.5 Å². The van der Waals surface area contributed by atoms with E-state index >= 15 is 0 Å². The van der Waals surface area contributed by atoms with Gasteiger partial charge in [-0.1, -0.05) is 23.7 Å². The van der Waals surface area contributed by atoms with Crippen LogP contribution in [0.2, 0.25) is 5.02 Å². The maximum Gasteiger partial charge on any atom is 0.253 e. The molecule has 1 amide bonds. The lowest BCUT2D eigenvalue weighted by molar-refractivity contribution is 0.0706. The molecule has 1 fully saturated rings. The molecule has 1 aliphatic rings. The van der Waals surface area contributed by atoms with Gasteiger partial charge in [-0.05, 0) is 55.3 Å². The Kier molecular flexibility index (Phi) is 5.71. The Morgan fingerprint density at radius 2 is 2.03 bits per heavy atom. The van der Waals surface area contributed by atoms with E-state index in [2.05, 4.69) is 15.3 Å². The fourth-order valence-corrected chi connectivity index (χ4v) is 3.75. The van der Waals surface area contributed by atoms with Crippen LogP contribution in [0.3, 0.4) is 0 Å². The van der Waals surface area contributed by atoms with Gasteiger partial charge < -0.3 is 10.2 Å². The Morgan fingerprint density at radius 1 is 1.17 bits per heavy atom. The highest BCUT2D eigenvalue weighted by atomic mass is 35.5. The number of hydrogen-bond donors (Lipinski definition) is 1. The Bertz CT molecular complexity index is 1030. The Morgan fingerprint density at radius 3 is 2.86 bits per heavy atom. The van der Waals surface area contributed by atoms with E-state index in [4.69, 9.17) is 11.6 Å². The van der Waals surface area contributed by atoms with Crippen molar-refractivity contribution in [3.05, 3.63) is 82.9 Å². The monoisotopic (exact) mass is 410 g/mol. The number of anilines is 2. The molecule has 4 rings (SSSR count). The first-order valence-corrected chi connectivity index (χ1v) is 9.87. The van der Waals surface area contributed by atoms with Crippen LogP contribution in [0.4, 0.5) is 16.0 Å². The Labute approximate surface area is 173 Å². The van der Waals surface area contributed by atoms with Crippen molar-refractivity contribution in [3.8, 4) is 0 Å². The minimum Gasteiger partial charge on any atom is -0.338 e. The summed E-state index contributed by atoms with van der Waals surface area (Å²) in [5.41, 5.74) is 2.04. The Hall–Kier alpha value is -2.99. The second-order valence-corrected chi connectivity index (χ2v) is 7.48. The largest absolute Gasteiger partial charge is 0.338 e. The van der Waals surface area contributed by atoms with Crippen molar-refractivity contribution in [3.63, 3.8) is 0 Å². The van der Waals surface area contributed by atoms with Gasteiger partial charge in [-0.2, -0.15) is 0 Å². The number of nitrogens with one attached hydrogen (secondary N) is 1. The van der Waals surface area contributed by atoms with Crippen LogP contribution in [-0.4, -0.2) is 33.9 Å². The van der Waals surface area contributed by atoms with Gasteiger partial charge >= 0.3 is 0 Å². The average Bonchev–Trinajstić information content (AvgIpc) is 2.73. The first-order valence-electron chi connectivity index (χ1n) is 9.49. The first kappa shape index (κ1) is 19.3. The lowest BCUT2D eigenvalue weighted by Gasteiger charge is -2.32. The van der Waals surface area contributed by atoms with Crippen LogP contribution in [-0.2, 0) is 0 Å². The van der Waals surface area contributed by atoms with E-state index in [1.165, 1.54) is 12.1 Å². The third-order valence-corrected chi connectivity index (χ3v) is 5.19. The minimum atomic E-state index is -0.325. The minimum absolute atomic E-state index is 0.0237. The van der Waals surface area contributed by atoms with E-state index in [1.807, 2.05) is 11.0 Å². The topological polar surface area (TPSA) is 58.1 Å². The summed E-state index contributed by atoms with van der Waals surface area (Å²) in [6.45, 7) is 1.29. The molecule has 0 spiro atoms. The predicted molar refractivity (Wildman–Crippen MR) is 111 cm³/mol. The van der Waals surface area contributed by atoms with Gasteiger partial charge in [0.15, 0.2) is 0 Å². The molecule has 5 nitrogen and oxygen atoms in total. The number of hydrogen-bond acceptors (Lipinski definition) is 4. The van der Waals surface area contributed by atoms with E-state index in [0.29, 0.717) is 35.3 Å². The summed E-state index contributed by atoms with van der Waals surface area (Å²) in [4.78, 5) is 23.5. The van der Waals surface area contributed by atoms with Crippen LogP contribution >= 0.6 is 11.6 Å². The second-order valence-electron chi connectivity index (χ2n) is 7.04. The van der Waals surface area contributed by atoms with Gasteiger partial charge in [0.05, 0.1) is 5.69 Å². The van der Waals surface area contributed by atoms with Crippen LogP contribution in [0.15, 0.2) is 60.8 Å². The number of amides is 1. The molecule has 2 heterocycles. The van der Waals surface area contributed by atoms with Gasteiger partial charge in [0.25, 0.3) is 5.91 Å². The fourth-order valence-electron chi connectivity index (χ4n) is 3.56. The lowest BCUT2D eigenvalue weighted by Crippen LogP contribution is -2.39. The van der Waals surface area contributed by atoms with Crippen LogP contribution < -0.4 is 5.32 Å². The van der Waals surface area contributed by atoms with Gasteiger partial charge in [-0.25, -0.2) is 14.4 Å². The third kappa shape index (κ3) is 4.71. The van der Waals surface area contributed by atoms with Gasteiger partial charge in [-0.3, -0.25) is 4.79 Å². The molecular weight excluding hydrogens is 391 g/mol. The molecular formula is C22H20ClFN4O. The number of piperidine rings is 1. The molecule has 29 heavy (non-hydrogen) atoms.